The highest BCUT2D eigenvalue weighted by atomic mass is 16.3. The number of aliphatic hydroxyl groups is 1. The maximum atomic E-state index is 12.3. The van der Waals surface area contributed by atoms with Gasteiger partial charge in [-0.3, -0.25) is 14.9 Å². The predicted octanol–water partition coefficient (Wildman–Crippen LogP) is -1.18. The first kappa shape index (κ1) is 14.5. The lowest BCUT2D eigenvalue weighted by Gasteiger charge is -2.13. The van der Waals surface area contributed by atoms with Crippen molar-refractivity contribution in [3.63, 3.8) is 0 Å². The number of H-pyrrole nitrogens is 2. The van der Waals surface area contributed by atoms with Crippen LogP contribution in [0.3, 0.4) is 0 Å². The van der Waals surface area contributed by atoms with Crippen molar-refractivity contribution in [1.29, 1.82) is 0 Å². The monoisotopic (exact) mass is 306 g/mol. The Morgan fingerprint density at radius 1 is 1.50 bits per heavy atom. The number of aromatic amines is 2. The fourth-order valence-corrected chi connectivity index (χ4v) is 2.72. The van der Waals surface area contributed by atoms with Crippen molar-refractivity contribution < 1.29 is 9.90 Å². The molecule has 118 valence electrons. The summed E-state index contributed by atoms with van der Waals surface area (Å²) in [5.41, 5.74) is 1.38. The number of nitrogens with one attached hydrogen (secondary N) is 2. The second-order valence-corrected chi connectivity index (χ2v) is 5.69. The van der Waals surface area contributed by atoms with Crippen molar-refractivity contribution in [1.82, 2.24) is 29.9 Å². The highest BCUT2D eigenvalue weighted by Crippen LogP contribution is 2.22. The molecule has 9 heteroatoms. The number of likely N-dealkylation sites (tertiary alicyclic amines) is 1. The fraction of sp³-hybridized carbons (Fsp3) is 0.538. The second kappa shape index (κ2) is 5.41. The van der Waals surface area contributed by atoms with Gasteiger partial charge in [0, 0.05) is 31.7 Å². The molecule has 1 aliphatic heterocycles. The molecule has 0 bridgehead atoms. The Labute approximate surface area is 126 Å². The zero-order valence-electron chi connectivity index (χ0n) is 12.4. The van der Waals surface area contributed by atoms with E-state index in [-0.39, 0.29) is 24.2 Å². The van der Waals surface area contributed by atoms with Gasteiger partial charge in [-0.05, 0) is 19.4 Å². The number of aryl methyl sites for hydroxylation is 2. The Balaban J connectivity index is 1.69. The largest absolute Gasteiger partial charge is 0.391 e. The van der Waals surface area contributed by atoms with Crippen molar-refractivity contribution >= 4 is 5.91 Å². The van der Waals surface area contributed by atoms with Gasteiger partial charge in [-0.15, -0.1) is 5.10 Å². The van der Waals surface area contributed by atoms with E-state index in [4.69, 9.17) is 0 Å². The third kappa shape index (κ3) is 2.67. The van der Waals surface area contributed by atoms with E-state index in [2.05, 4.69) is 20.3 Å². The Hall–Kier alpha value is -2.42. The molecule has 0 spiro atoms. The van der Waals surface area contributed by atoms with Crippen molar-refractivity contribution in [3.8, 4) is 0 Å². The number of aliphatic hydroxyl groups excluding tert-OH is 1. The summed E-state index contributed by atoms with van der Waals surface area (Å²) in [7, 11) is 1.47. The normalized spacial score (nSPS) is 21.5. The maximum Gasteiger partial charge on any atom is 0.343 e. The van der Waals surface area contributed by atoms with Crippen LogP contribution in [0.15, 0.2) is 10.9 Å². The minimum Gasteiger partial charge on any atom is -0.391 e. The minimum absolute atomic E-state index is 0.00374. The zero-order valence-corrected chi connectivity index (χ0v) is 12.4. The molecule has 0 aliphatic carbocycles. The van der Waals surface area contributed by atoms with Crippen LogP contribution in [-0.4, -0.2) is 60.1 Å². The number of carbonyl (C=O) groups excluding carboxylic acids is 1. The van der Waals surface area contributed by atoms with Crippen LogP contribution in [0.2, 0.25) is 0 Å². The van der Waals surface area contributed by atoms with E-state index in [0.29, 0.717) is 13.0 Å². The van der Waals surface area contributed by atoms with Gasteiger partial charge >= 0.3 is 5.69 Å². The van der Waals surface area contributed by atoms with Gasteiger partial charge in [0.2, 0.25) is 5.82 Å². The van der Waals surface area contributed by atoms with Gasteiger partial charge < -0.3 is 10.0 Å². The summed E-state index contributed by atoms with van der Waals surface area (Å²) in [6.07, 6.45) is -0.0232. The number of amides is 1. The molecule has 9 nitrogen and oxygen atoms in total. The van der Waals surface area contributed by atoms with Crippen LogP contribution >= 0.6 is 0 Å². The first-order chi connectivity index (χ1) is 10.4. The van der Waals surface area contributed by atoms with Gasteiger partial charge in [0.1, 0.15) is 0 Å². The Morgan fingerprint density at radius 3 is 2.86 bits per heavy atom. The second-order valence-electron chi connectivity index (χ2n) is 5.69. The Kier molecular flexibility index (Phi) is 3.57. The molecule has 0 saturated carbocycles. The van der Waals surface area contributed by atoms with Gasteiger partial charge in [0.15, 0.2) is 0 Å². The summed E-state index contributed by atoms with van der Waals surface area (Å²) >= 11 is 0. The molecule has 1 fully saturated rings. The number of rotatable bonds is 3. The third-order valence-corrected chi connectivity index (χ3v) is 3.90. The lowest BCUT2D eigenvalue weighted by Crippen LogP contribution is -2.30. The van der Waals surface area contributed by atoms with Crippen LogP contribution < -0.4 is 5.69 Å². The molecule has 3 N–H and O–H groups in total. The maximum absolute atomic E-state index is 12.3. The van der Waals surface area contributed by atoms with Gasteiger partial charge in [0.05, 0.1) is 11.8 Å². The van der Waals surface area contributed by atoms with Gasteiger partial charge in [-0.2, -0.15) is 5.10 Å². The van der Waals surface area contributed by atoms with Crippen LogP contribution in [0, 0.1) is 12.8 Å². The lowest BCUT2D eigenvalue weighted by molar-refractivity contribution is 0.0752. The molecule has 2 aromatic heterocycles. The number of aromatic nitrogens is 5. The van der Waals surface area contributed by atoms with Gasteiger partial charge in [-0.25, -0.2) is 9.48 Å². The number of carbonyl (C=O) groups is 1. The SMILES string of the molecule is Cc1cc(C[C@@H]2CN(C(=O)c3nn(C)c(=O)[nH]3)C[C@@H]2O)n[nH]1. The number of nitrogens with zero attached hydrogens (tertiary/aromatic N) is 4. The minimum atomic E-state index is -0.614. The molecule has 3 heterocycles. The summed E-state index contributed by atoms with van der Waals surface area (Å²) in [4.78, 5) is 27.6. The van der Waals surface area contributed by atoms with Crippen LogP contribution in [0.25, 0.3) is 0 Å². The average molecular weight is 306 g/mol. The molecule has 1 aliphatic rings. The molecule has 0 unspecified atom stereocenters. The van der Waals surface area contributed by atoms with Gasteiger partial charge in [-0.1, -0.05) is 0 Å². The summed E-state index contributed by atoms with van der Waals surface area (Å²) in [6.45, 7) is 2.55. The number of hydrogen-bond donors (Lipinski definition) is 3. The van der Waals surface area contributed by atoms with Crippen LogP contribution in [0.4, 0.5) is 0 Å². The van der Waals surface area contributed by atoms with E-state index in [1.54, 1.807) is 0 Å². The summed E-state index contributed by atoms with van der Waals surface area (Å²) < 4.78 is 1.07. The molecular formula is C13H18N6O3. The third-order valence-electron chi connectivity index (χ3n) is 3.90. The van der Waals surface area contributed by atoms with Gasteiger partial charge in [0.25, 0.3) is 5.91 Å². The van der Waals surface area contributed by atoms with E-state index >= 15 is 0 Å². The predicted molar refractivity (Wildman–Crippen MR) is 76.3 cm³/mol. The fourth-order valence-electron chi connectivity index (χ4n) is 2.72. The van der Waals surface area contributed by atoms with Crippen LogP contribution in [0.1, 0.15) is 22.0 Å². The first-order valence-electron chi connectivity index (χ1n) is 7.05. The van der Waals surface area contributed by atoms with Crippen LogP contribution in [0.5, 0.6) is 0 Å². The summed E-state index contributed by atoms with van der Waals surface area (Å²) in [5.74, 6) is -0.462. The topological polar surface area (TPSA) is 120 Å². The number of β-amino-alcohol motifs (C(OH)–C–C–N with tert-alkyl or cyclic N) is 1. The molecule has 0 aromatic carbocycles. The average Bonchev–Trinajstić information content (AvgIpc) is 3.12. The van der Waals surface area contributed by atoms with E-state index in [1.165, 1.54) is 11.9 Å². The molecule has 2 atom stereocenters. The molecule has 0 radical (unpaired) electrons. The molecule has 1 saturated heterocycles. The first-order valence-corrected chi connectivity index (χ1v) is 7.05. The smallest absolute Gasteiger partial charge is 0.343 e. The van der Waals surface area contributed by atoms with Crippen molar-refractivity contribution in [2.24, 2.45) is 13.0 Å². The standard InChI is InChI=1S/C13H18N6O3/c1-7-3-9(16-15-7)4-8-5-19(6-10(8)20)12(21)11-14-13(22)18(2)17-11/h3,8,10,20H,4-6H2,1-2H3,(H,15,16)(H,14,17,22)/t8-,10+/m1/s1. The van der Waals surface area contributed by atoms with Crippen molar-refractivity contribution in [3.05, 3.63) is 33.8 Å². The Morgan fingerprint density at radius 2 is 2.27 bits per heavy atom. The quantitative estimate of drug-likeness (QED) is 0.659. The zero-order chi connectivity index (χ0) is 15.9. The molecule has 2 aromatic rings. The van der Waals surface area contributed by atoms with E-state index in [9.17, 15) is 14.7 Å². The van der Waals surface area contributed by atoms with Crippen molar-refractivity contribution in [2.45, 2.75) is 19.4 Å². The Bertz CT molecular complexity index is 745. The highest BCUT2D eigenvalue weighted by Gasteiger charge is 2.35. The molecular weight excluding hydrogens is 288 g/mol. The molecule has 22 heavy (non-hydrogen) atoms. The van der Waals surface area contributed by atoms with E-state index in [0.717, 1.165) is 16.1 Å². The summed E-state index contributed by atoms with van der Waals surface area (Å²) in [6, 6.07) is 1.92. The lowest BCUT2D eigenvalue weighted by atomic mass is 10.0. The van der Waals surface area contributed by atoms with E-state index < -0.39 is 11.8 Å². The van der Waals surface area contributed by atoms with Crippen molar-refractivity contribution in [2.75, 3.05) is 13.1 Å². The van der Waals surface area contributed by atoms with Crippen LogP contribution in [-0.2, 0) is 13.5 Å². The number of hydrogen-bond acceptors (Lipinski definition) is 5. The highest BCUT2D eigenvalue weighted by molar-refractivity contribution is 5.90. The van der Waals surface area contributed by atoms with E-state index in [1.807, 2.05) is 13.0 Å². The molecule has 3 rings (SSSR count). The summed E-state index contributed by atoms with van der Waals surface area (Å²) in [5, 5.41) is 21.0. The molecule has 1 amide bonds.